The standard InChI is InChI=1S/C14H21BrN2O2S/c1-11-5-6-14(13(15)10-11)20(18,19)17(2)12-4-3-8-16-9-7-12/h5-6,10,12,16H,3-4,7-9H2,1-2H3. The Morgan fingerprint density at radius 3 is 2.75 bits per heavy atom. The van der Waals surface area contributed by atoms with E-state index in [9.17, 15) is 8.42 Å². The number of sulfonamides is 1. The molecular weight excluding hydrogens is 340 g/mol. The zero-order chi connectivity index (χ0) is 14.8. The Kier molecular flexibility index (Phi) is 5.23. The summed E-state index contributed by atoms with van der Waals surface area (Å²) >= 11 is 3.37. The van der Waals surface area contributed by atoms with Crippen molar-refractivity contribution in [3.05, 3.63) is 28.2 Å². The monoisotopic (exact) mass is 360 g/mol. The smallest absolute Gasteiger partial charge is 0.244 e. The molecule has 1 fully saturated rings. The van der Waals surface area contributed by atoms with Gasteiger partial charge in [-0.3, -0.25) is 0 Å². The Bertz CT molecular complexity index is 567. The summed E-state index contributed by atoms with van der Waals surface area (Å²) in [5, 5.41) is 3.31. The maximum absolute atomic E-state index is 12.8. The van der Waals surface area contributed by atoms with Gasteiger partial charge in [-0.05, 0) is 72.9 Å². The van der Waals surface area contributed by atoms with Gasteiger partial charge in [-0.15, -0.1) is 0 Å². The van der Waals surface area contributed by atoms with Crippen LogP contribution in [0.5, 0.6) is 0 Å². The number of benzene rings is 1. The van der Waals surface area contributed by atoms with E-state index in [1.165, 1.54) is 4.31 Å². The molecule has 2 rings (SSSR count). The van der Waals surface area contributed by atoms with Crippen LogP contribution in [0.25, 0.3) is 0 Å². The van der Waals surface area contributed by atoms with Crippen molar-refractivity contribution in [2.24, 2.45) is 0 Å². The first-order valence-corrected chi connectivity index (χ1v) is 9.11. The average molecular weight is 361 g/mol. The van der Waals surface area contributed by atoms with E-state index >= 15 is 0 Å². The number of nitrogens with zero attached hydrogens (tertiary/aromatic N) is 1. The summed E-state index contributed by atoms with van der Waals surface area (Å²) in [7, 11) is -1.75. The molecule has 1 unspecified atom stereocenters. The van der Waals surface area contributed by atoms with E-state index in [4.69, 9.17) is 0 Å². The van der Waals surface area contributed by atoms with Crippen LogP contribution in [0.1, 0.15) is 24.8 Å². The Morgan fingerprint density at radius 1 is 1.30 bits per heavy atom. The summed E-state index contributed by atoms with van der Waals surface area (Å²) in [4.78, 5) is 0.350. The van der Waals surface area contributed by atoms with E-state index in [-0.39, 0.29) is 6.04 Å². The maximum atomic E-state index is 12.8. The molecule has 0 bridgehead atoms. The molecule has 0 aromatic heterocycles. The number of hydrogen-bond donors (Lipinski definition) is 1. The SMILES string of the molecule is Cc1ccc(S(=O)(=O)N(C)C2CCCNCC2)c(Br)c1. The molecule has 1 heterocycles. The van der Waals surface area contributed by atoms with Crippen molar-refractivity contribution >= 4 is 26.0 Å². The summed E-state index contributed by atoms with van der Waals surface area (Å²) in [6.07, 6.45) is 2.78. The molecule has 1 aliphatic rings. The Hall–Kier alpha value is -0.430. The second-order valence-corrected chi connectivity index (χ2v) is 8.11. The summed E-state index contributed by atoms with van der Waals surface area (Å²) in [6, 6.07) is 5.43. The molecule has 4 nitrogen and oxygen atoms in total. The quantitative estimate of drug-likeness (QED) is 0.900. The molecule has 1 saturated heterocycles. The number of halogens is 1. The zero-order valence-electron chi connectivity index (χ0n) is 11.9. The van der Waals surface area contributed by atoms with E-state index < -0.39 is 10.0 Å². The molecule has 1 aromatic rings. The molecule has 112 valence electrons. The first-order chi connectivity index (χ1) is 9.43. The summed E-state index contributed by atoms with van der Waals surface area (Å²) in [5.41, 5.74) is 1.04. The zero-order valence-corrected chi connectivity index (χ0v) is 14.3. The van der Waals surface area contributed by atoms with Crippen molar-refractivity contribution in [3.8, 4) is 0 Å². The fraction of sp³-hybridized carbons (Fsp3) is 0.571. The molecule has 0 saturated carbocycles. The molecule has 0 spiro atoms. The van der Waals surface area contributed by atoms with Gasteiger partial charge >= 0.3 is 0 Å². The second-order valence-electron chi connectivity index (χ2n) is 5.29. The molecule has 1 aliphatic heterocycles. The van der Waals surface area contributed by atoms with Gasteiger partial charge in [0.2, 0.25) is 10.0 Å². The lowest BCUT2D eigenvalue weighted by Crippen LogP contribution is -2.37. The average Bonchev–Trinajstić information content (AvgIpc) is 2.66. The first kappa shape index (κ1) is 15.9. The third-order valence-corrected chi connectivity index (χ3v) is 6.69. The van der Waals surface area contributed by atoms with Gasteiger partial charge in [-0.1, -0.05) is 6.07 Å². The minimum absolute atomic E-state index is 0.0724. The first-order valence-electron chi connectivity index (χ1n) is 6.88. The van der Waals surface area contributed by atoms with E-state index in [0.717, 1.165) is 37.9 Å². The van der Waals surface area contributed by atoms with Gasteiger partial charge in [0.15, 0.2) is 0 Å². The fourth-order valence-electron chi connectivity index (χ4n) is 2.53. The van der Waals surface area contributed by atoms with Crippen LogP contribution >= 0.6 is 15.9 Å². The molecule has 0 amide bonds. The van der Waals surface area contributed by atoms with Crippen LogP contribution in [0.2, 0.25) is 0 Å². The lowest BCUT2D eigenvalue weighted by molar-refractivity contribution is 0.341. The highest BCUT2D eigenvalue weighted by molar-refractivity contribution is 9.10. The van der Waals surface area contributed by atoms with E-state index in [2.05, 4.69) is 21.2 Å². The maximum Gasteiger partial charge on any atom is 0.244 e. The van der Waals surface area contributed by atoms with Crippen LogP contribution in [-0.4, -0.2) is 38.9 Å². The van der Waals surface area contributed by atoms with Crippen molar-refractivity contribution in [1.82, 2.24) is 9.62 Å². The third-order valence-electron chi connectivity index (χ3n) is 3.80. The summed E-state index contributed by atoms with van der Waals surface area (Å²) < 4.78 is 27.7. The highest BCUT2D eigenvalue weighted by Gasteiger charge is 2.29. The predicted octanol–water partition coefficient (Wildman–Crippen LogP) is 2.52. The van der Waals surface area contributed by atoms with Gasteiger partial charge < -0.3 is 5.32 Å². The van der Waals surface area contributed by atoms with Crippen LogP contribution in [0.3, 0.4) is 0 Å². The van der Waals surface area contributed by atoms with Gasteiger partial charge in [-0.25, -0.2) is 8.42 Å². The normalized spacial score (nSPS) is 20.9. The Balaban J connectivity index is 2.28. The number of nitrogens with one attached hydrogen (secondary N) is 1. The summed E-state index contributed by atoms with van der Waals surface area (Å²) in [6.45, 7) is 3.79. The molecule has 1 atom stereocenters. The van der Waals surface area contributed by atoms with Crippen molar-refractivity contribution in [2.45, 2.75) is 37.1 Å². The molecule has 0 aliphatic carbocycles. The van der Waals surface area contributed by atoms with Crippen molar-refractivity contribution < 1.29 is 8.42 Å². The number of aryl methyl sites for hydroxylation is 1. The molecule has 1 aromatic carbocycles. The molecule has 1 N–H and O–H groups in total. The summed E-state index contributed by atoms with van der Waals surface area (Å²) in [5.74, 6) is 0. The topological polar surface area (TPSA) is 49.4 Å². The molecule has 0 radical (unpaired) electrons. The molecular formula is C14H21BrN2O2S. The number of rotatable bonds is 3. The lowest BCUT2D eigenvalue weighted by atomic mass is 10.1. The lowest BCUT2D eigenvalue weighted by Gasteiger charge is -2.26. The van der Waals surface area contributed by atoms with Crippen molar-refractivity contribution in [3.63, 3.8) is 0 Å². The predicted molar refractivity (Wildman–Crippen MR) is 84.3 cm³/mol. The Morgan fingerprint density at radius 2 is 2.05 bits per heavy atom. The van der Waals surface area contributed by atoms with Gasteiger partial charge in [0.1, 0.15) is 0 Å². The van der Waals surface area contributed by atoms with Crippen LogP contribution in [0, 0.1) is 6.92 Å². The van der Waals surface area contributed by atoms with E-state index in [1.807, 2.05) is 19.1 Å². The Labute approximate surface area is 129 Å². The highest BCUT2D eigenvalue weighted by atomic mass is 79.9. The van der Waals surface area contributed by atoms with Gasteiger partial charge in [-0.2, -0.15) is 4.31 Å². The number of hydrogen-bond acceptors (Lipinski definition) is 3. The minimum Gasteiger partial charge on any atom is -0.317 e. The largest absolute Gasteiger partial charge is 0.317 e. The molecule has 20 heavy (non-hydrogen) atoms. The van der Waals surface area contributed by atoms with Crippen molar-refractivity contribution in [2.75, 3.05) is 20.1 Å². The minimum atomic E-state index is -3.44. The van der Waals surface area contributed by atoms with Crippen molar-refractivity contribution in [1.29, 1.82) is 0 Å². The van der Waals surface area contributed by atoms with Gasteiger partial charge in [0, 0.05) is 17.6 Å². The van der Waals surface area contributed by atoms with Crippen LogP contribution in [0.4, 0.5) is 0 Å². The van der Waals surface area contributed by atoms with E-state index in [0.29, 0.717) is 9.37 Å². The van der Waals surface area contributed by atoms with Crippen LogP contribution in [0.15, 0.2) is 27.6 Å². The van der Waals surface area contributed by atoms with Gasteiger partial charge in [0.25, 0.3) is 0 Å². The molecule has 6 heteroatoms. The highest BCUT2D eigenvalue weighted by Crippen LogP contribution is 2.28. The van der Waals surface area contributed by atoms with Gasteiger partial charge in [0.05, 0.1) is 4.90 Å². The fourth-order valence-corrected chi connectivity index (χ4v) is 5.10. The second kappa shape index (κ2) is 6.56. The van der Waals surface area contributed by atoms with E-state index in [1.54, 1.807) is 13.1 Å². The van der Waals surface area contributed by atoms with Crippen LogP contribution in [-0.2, 0) is 10.0 Å². The van der Waals surface area contributed by atoms with Crippen LogP contribution < -0.4 is 5.32 Å². The third kappa shape index (κ3) is 3.42.